The molecule has 0 bridgehead atoms. The van der Waals surface area contributed by atoms with E-state index in [1.807, 2.05) is 0 Å². The number of benzene rings is 1. The fraction of sp³-hybridized carbons (Fsp3) is 0.353. The Balaban J connectivity index is 1.70. The minimum Gasteiger partial charge on any atom is -0.376 e. The molecule has 6 nitrogen and oxygen atoms in total. The third kappa shape index (κ3) is 3.27. The van der Waals surface area contributed by atoms with E-state index in [0.717, 1.165) is 12.8 Å². The molecule has 2 aromatic heterocycles. The van der Waals surface area contributed by atoms with Crippen LogP contribution in [0.2, 0.25) is 0 Å². The first-order valence-electron chi connectivity index (χ1n) is 8.03. The van der Waals surface area contributed by atoms with Gasteiger partial charge in [0.25, 0.3) is 5.91 Å². The van der Waals surface area contributed by atoms with Crippen molar-refractivity contribution in [3.8, 4) is 0 Å². The van der Waals surface area contributed by atoms with Crippen molar-refractivity contribution in [3.05, 3.63) is 41.5 Å². The van der Waals surface area contributed by atoms with Gasteiger partial charge in [0.2, 0.25) is 0 Å². The number of hydrogen-bond acceptors (Lipinski definition) is 6. The number of ether oxygens (including phenoxy) is 1. The topological polar surface area (TPSA) is 68.5 Å². The number of aryl methyl sites for hydroxylation is 1. The second-order valence-corrected chi connectivity index (χ2v) is 6.99. The second kappa shape index (κ2) is 6.53. The van der Waals surface area contributed by atoms with Gasteiger partial charge in [-0.2, -0.15) is 0 Å². The standard InChI is InChI=1S/C17H16FN3O3S/c1-10-7-14(20-24-10)16(22)21(9-12-3-2-6-23-12)17-19-13-5-4-11(18)8-15(13)25-17/h4-5,7-8,12H,2-3,6,9H2,1H3/t12-/m1/s1. The quantitative estimate of drug-likeness (QED) is 0.711. The minimum atomic E-state index is -0.327. The highest BCUT2D eigenvalue weighted by Crippen LogP contribution is 2.31. The van der Waals surface area contributed by atoms with Gasteiger partial charge < -0.3 is 9.26 Å². The van der Waals surface area contributed by atoms with Crippen molar-refractivity contribution < 1.29 is 18.4 Å². The van der Waals surface area contributed by atoms with Gasteiger partial charge in [0.15, 0.2) is 10.8 Å². The average Bonchev–Trinajstić information content (AvgIpc) is 3.31. The maximum Gasteiger partial charge on any atom is 0.282 e. The summed E-state index contributed by atoms with van der Waals surface area (Å²) in [6, 6.07) is 5.99. The van der Waals surface area contributed by atoms with Crippen molar-refractivity contribution in [2.24, 2.45) is 0 Å². The van der Waals surface area contributed by atoms with Crippen LogP contribution < -0.4 is 4.90 Å². The smallest absolute Gasteiger partial charge is 0.282 e. The van der Waals surface area contributed by atoms with Crippen LogP contribution in [0.15, 0.2) is 28.8 Å². The molecule has 8 heteroatoms. The predicted molar refractivity (Wildman–Crippen MR) is 91.5 cm³/mol. The molecule has 1 aromatic carbocycles. The number of nitrogens with zero attached hydrogens (tertiary/aromatic N) is 3. The van der Waals surface area contributed by atoms with Crippen molar-refractivity contribution in [2.45, 2.75) is 25.9 Å². The first-order valence-corrected chi connectivity index (χ1v) is 8.85. The van der Waals surface area contributed by atoms with Crippen LogP contribution in [-0.4, -0.2) is 35.3 Å². The number of aromatic nitrogens is 2. The van der Waals surface area contributed by atoms with Gasteiger partial charge in [-0.25, -0.2) is 9.37 Å². The van der Waals surface area contributed by atoms with E-state index in [2.05, 4.69) is 10.1 Å². The number of carbonyl (C=O) groups is 1. The lowest BCUT2D eigenvalue weighted by Gasteiger charge is -2.21. The number of carbonyl (C=O) groups excluding carboxylic acids is 1. The van der Waals surface area contributed by atoms with E-state index in [1.165, 1.54) is 23.5 Å². The lowest BCUT2D eigenvalue weighted by molar-refractivity contribution is 0.0910. The van der Waals surface area contributed by atoms with Gasteiger partial charge >= 0.3 is 0 Å². The van der Waals surface area contributed by atoms with E-state index in [-0.39, 0.29) is 23.5 Å². The van der Waals surface area contributed by atoms with Gasteiger partial charge in [-0.15, -0.1) is 0 Å². The summed E-state index contributed by atoms with van der Waals surface area (Å²) in [6.45, 7) is 2.81. The summed E-state index contributed by atoms with van der Waals surface area (Å²) in [7, 11) is 0. The fourth-order valence-electron chi connectivity index (χ4n) is 2.85. The summed E-state index contributed by atoms with van der Waals surface area (Å²) in [5.41, 5.74) is 0.879. The molecule has 0 radical (unpaired) electrons. The highest BCUT2D eigenvalue weighted by Gasteiger charge is 2.28. The zero-order valence-electron chi connectivity index (χ0n) is 13.6. The molecule has 1 saturated heterocycles. The van der Waals surface area contributed by atoms with E-state index in [1.54, 1.807) is 24.0 Å². The largest absolute Gasteiger partial charge is 0.376 e. The summed E-state index contributed by atoms with van der Waals surface area (Å²) in [5.74, 6) is -0.0644. The third-order valence-electron chi connectivity index (χ3n) is 4.07. The normalized spacial score (nSPS) is 17.3. The zero-order chi connectivity index (χ0) is 17.4. The van der Waals surface area contributed by atoms with Crippen LogP contribution in [0.3, 0.4) is 0 Å². The molecular formula is C17H16FN3O3S. The van der Waals surface area contributed by atoms with E-state index in [0.29, 0.717) is 34.3 Å². The molecule has 1 aliphatic heterocycles. The third-order valence-corrected chi connectivity index (χ3v) is 5.11. The van der Waals surface area contributed by atoms with Crippen LogP contribution in [-0.2, 0) is 4.74 Å². The molecule has 4 rings (SSSR count). The van der Waals surface area contributed by atoms with Crippen molar-refractivity contribution in [2.75, 3.05) is 18.1 Å². The van der Waals surface area contributed by atoms with Crippen molar-refractivity contribution >= 4 is 32.6 Å². The maximum absolute atomic E-state index is 13.5. The molecule has 1 fully saturated rings. The van der Waals surface area contributed by atoms with Gasteiger partial charge in [-0.1, -0.05) is 16.5 Å². The number of thiazole rings is 1. The molecule has 0 N–H and O–H groups in total. The number of halogens is 1. The lowest BCUT2D eigenvalue weighted by Crippen LogP contribution is -2.37. The maximum atomic E-state index is 13.5. The fourth-order valence-corrected chi connectivity index (χ4v) is 3.85. The molecule has 1 amide bonds. The number of anilines is 1. The summed E-state index contributed by atoms with van der Waals surface area (Å²) < 4.78 is 24.8. The minimum absolute atomic E-state index is 0.0410. The molecular weight excluding hydrogens is 345 g/mol. The van der Waals surface area contributed by atoms with Gasteiger partial charge in [0.1, 0.15) is 11.6 Å². The Bertz CT molecular complexity index is 917. The molecule has 1 aliphatic rings. The first-order chi connectivity index (χ1) is 12.1. The summed E-state index contributed by atoms with van der Waals surface area (Å²) >= 11 is 1.27. The molecule has 0 spiro atoms. The Morgan fingerprint density at radius 2 is 2.32 bits per heavy atom. The number of hydrogen-bond donors (Lipinski definition) is 0. The van der Waals surface area contributed by atoms with Crippen LogP contribution in [0.4, 0.5) is 9.52 Å². The van der Waals surface area contributed by atoms with Crippen LogP contribution in [0.25, 0.3) is 10.2 Å². The van der Waals surface area contributed by atoms with Crippen molar-refractivity contribution in [1.29, 1.82) is 0 Å². The molecule has 0 saturated carbocycles. The molecule has 1 atom stereocenters. The lowest BCUT2D eigenvalue weighted by atomic mass is 10.2. The van der Waals surface area contributed by atoms with Gasteiger partial charge in [-0.05, 0) is 38.0 Å². The Labute approximate surface area is 147 Å². The van der Waals surface area contributed by atoms with Crippen LogP contribution in [0.1, 0.15) is 29.1 Å². The highest BCUT2D eigenvalue weighted by atomic mass is 32.1. The summed E-state index contributed by atoms with van der Waals surface area (Å²) in [6.07, 6.45) is 1.82. The highest BCUT2D eigenvalue weighted by molar-refractivity contribution is 7.22. The SMILES string of the molecule is Cc1cc(C(=O)N(C[C@H]2CCCO2)c2nc3ccc(F)cc3s2)no1. The first kappa shape index (κ1) is 16.2. The second-order valence-electron chi connectivity index (χ2n) is 5.98. The van der Waals surface area contributed by atoms with Gasteiger partial charge in [-0.3, -0.25) is 9.69 Å². The van der Waals surface area contributed by atoms with Gasteiger partial charge in [0, 0.05) is 12.7 Å². The number of amides is 1. The Hall–Kier alpha value is -2.32. The van der Waals surface area contributed by atoms with Crippen LogP contribution >= 0.6 is 11.3 Å². The van der Waals surface area contributed by atoms with Crippen LogP contribution in [0.5, 0.6) is 0 Å². The molecule has 3 heterocycles. The number of fused-ring (bicyclic) bond motifs is 1. The molecule has 130 valence electrons. The van der Waals surface area contributed by atoms with E-state index in [4.69, 9.17) is 9.26 Å². The van der Waals surface area contributed by atoms with Gasteiger partial charge in [0.05, 0.1) is 22.9 Å². The summed E-state index contributed by atoms with van der Waals surface area (Å²) in [4.78, 5) is 19.0. The molecule has 25 heavy (non-hydrogen) atoms. The molecule has 3 aromatic rings. The zero-order valence-corrected chi connectivity index (χ0v) is 14.4. The Kier molecular flexibility index (Phi) is 4.22. The predicted octanol–water partition coefficient (Wildman–Crippen LogP) is 3.56. The Morgan fingerprint density at radius 3 is 3.04 bits per heavy atom. The van der Waals surface area contributed by atoms with Crippen molar-refractivity contribution in [1.82, 2.24) is 10.1 Å². The number of rotatable bonds is 4. The van der Waals surface area contributed by atoms with E-state index < -0.39 is 0 Å². The monoisotopic (exact) mass is 361 g/mol. The molecule has 0 unspecified atom stereocenters. The van der Waals surface area contributed by atoms with Crippen LogP contribution in [0, 0.1) is 12.7 Å². The van der Waals surface area contributed by atoms with Crippen molar-refractivity contribution in [3.63, 3.8) is 0 Å². The summed E-state index contributed by atoms with van der Waals surface area (Å²) in [5, 5.41) is 4.32. The van der Waals surface area contributed by atoms with E-state index >= 15 is 0 Å². The Morgan fingerprint density at radius 1 is 1.44 bits per heavy atom. The molecule has 0 aliphatic carbocycles. The average molecular weight is 361 g/mol. The van der Waals surface area contributed by atoms with E-state index in [9.17, 15) is 9.18 Å².